The van der Waals surface area contributed by atoms with E-state index in [4.69, 9.17) is 23.7 Å². The third-order valence-corrected chi connectivity index (χ3v) is 6.94. The van der Waals surface area contributed by atoms with Crippen molar-refractivity contribution in [2.75, 3.05) is 34.5 Å². The molecule has 1 aliphatic rings. The highest BCUT2D eigenvalue weighted by Crippen LogP contribution is 2.35. The van der Waals surface area contributed by atoms with Crippen LogP contribution in [0.2, 0.25) is 0 Å². The number of rotatable bonds is 12. The molecule has 9 nitrogen and oxygen atoms in total. The molecule has 0 radical (unpaired) electrons. The largest absolute Gasteiger partial charge is 0.504 e. The van der Waals surface area contributed by atoms with E-state index in [2.05, 4.69) is 0 Å². The molecule has 3 atom stereocenters. The van der Waals surface area contributed by atoms with Gasteiger partial charge in [0, 0.05) is 12.3 Å². The molecule has 39 heavy (non-hydrogen) atoms. The van der Waals surface area contributed by atoms with Crippen LogP contribution in [-0.4, -0.2) is 61.9 Å². The highest BCUT2D eigenvalue weighted by Gasteiger charge is 2.37. The molecule has 0 saturated carbocycles. The molecule has 0 aliphatic carbocycles. The highest BCUT2D eigenvalue weighted by molar-refractivity contribution is 5.75. The van der Waals surface area contributed by atoms with Crippen molar-refractivity contribution in [2.45, 2.75) is 25.4 Å². The highest BCUT2D eigenvalue weighted by atomic mass is 16.5. The monoisotopic (exact) mass is 538 g/mol. The molecule has 4 rings (SSSR count). The van der Waals surface area contributed by atoms with Crippen molar-refractivity contribution in [2.24, 2.45) is 11.8 Å². The molecule has 0 aromatic heterocycles. The minimum Gasteiger partial charge on any atom is -0.504 e. The first-order valence-corrected chi connectivity index (χ1v) is 12.7. The molecule has 1 aliphatic heterocycles. The van der Waals surface area contributed by atoms with Crippen molar-refractivity contribution in [3.63, 3.8) is 0 Å². The van der Waals surface area contributed by atoms with E-state index < -0.39 is 6.10 Å². The SMILES string of the molecule is COc1cc(C[C@H](CO)Oc2ccc(C[C@H]3C(=O)OC[C@@H]3Cc3ccc(O)c(OC)c3)cc2OC)ccc1O. The molecule has 3 N–H and O–H groups in total. The summed E-state index contributed by atoms with van der Waals surface area (Å²) in [6.07, 6.45) is 0.892. The van der Waals surface area contributed by atoms with Crippen molar-refractivity contribution >= 4 is 5.97 Å². The Hall–Kier alpha value is -4.11. The fourth-order valence-corrected chi connectivity index (χ4v) is 4.83. The fraction of sp³-hybridized carbons (Fsp3) is 0.367. The first kappa shape index (κ1) is 27.9. The average molecular weight is 539 g/mol. The van der Waals surface area contributed by atoms with Crippen LogP contribution < -0.4 is 18.9 Å². The minimum atomic E-state index is -0.560. The molecule has 1 heterocycles. The summed E-state index contributed by atoms with van der Waals surface area (Å²) < 4.78 is 27.4. The van der Waals surface area contributed by atoms with Crippen molar-refractivity contribution in [3.8, 4) is 34.5 Å². The van der Waals surface area contributed by atoms with Gasteiger partial charge in [-0.15, -0.1) is 0 Å². The van der Waals surface area contributed by atoms with Gasteiger partial charge in [0.25, 0.3) is 0 Å². The number of ether oxygens (including phenoxy) is 5. The second-order valence-corrected chi connectivity index (χ2v) is 9.53. The van der Waals surface area contributed by atoms with Crippen LogP contribution in [0.3, 0.4) is 0 Å². The summed E-state index contributed by atoms with van der Waals surface area (Å²) in [5, 5.41) is 29.7. The van der Waals surface area contributed by atoms with Gasteiger partial charge >= 0.3 is 5.97 Å². The van der Waals surface area contributed by atoms with E-state index in [0.29, 0.717) is 48.9 Å². The van der Waals surface area contributed by atoms with Crippen LogP contribution >= 0.6 is 0 Å². The number of aromatic hydroxyl groups is 2. The molecule has 0 spiro atoms. The van der Waals surface area contributed by atoms with Gasteiger partial charge in [-0.3, -0.25) is 4.79 Å². The molecule has 0 unspecified atom stereocenters. The zero-order valence-electron chi connectivity index (χ0n) is 22.3. The number of phenolic OH excluding ortho intramolecular Hbond substituents is 2. The van der Waals surface area contributed by atoms with Gasteiger partial charge in [-0.1, -0.05) is 18.2 Å². The molecule has 9 heteroatoms. The Bertz CT molecular complexity index is 1290. The van der Waals surface area contributed by atoms with E-state index in [1.54, 1.807) is 30.3 Å². The third kappa shape index (κ3) is 6.67. The summed E-state index contributed by atoms with van der Waals surface area (Å²) in [6, 6.07) is 15.6. The quantitative estimate of drug-likeness (QED) is 0.296. The maximum atomic E-state index is 12.6. The Labute approximate surface area is 227 Å². The molecular formula is C30H34O9. The Balaban J connectivity index is 1.45. The van der Waals surface area contributed by atoms with Crippen LogP contribution in [0.1, 0.15) is 16.7 Å². The Morgan fingerprint density at radius 1 is 0.795 bits per heavy atom. The lowest BCUT2D eigenvalue weighted by Crippen LogP contribution is -2.24. The Morgan fingerprint density at radius 2 is 1.36 bits per heavy atom. The van der Waals surface area contributed by atoms with Gasteiger partial charge in [0.2, 0.25) is 0 Å². The molecule has 208 valence electrons. The van der Waals surface area contributed by atoms with E-state index in [9.17, 15) is 20.1 Å². The number of aliphatic hydroxyl groups excluding tert-OH is 1. The van der Waals surface area contributed by atoms with Gasteiger partial charge in [0.15, 0.2) is 34.5 Å². The number of benzene rings is 3. The van der Waals surface area contributed by atoms with Crippen LogP contribution in [0.5, 0.6) is 34.5 Å². The number of hydrogen-bond donors (Lipinski definition) is 3. The molecule has 0 bridgehead atoms. The predicted octanol–water partition coefficient (Wildman–Crippen LogP) is 3.68. The van der Waals surface area contributed by atoms with Crippen LogP contribution in [0, 0.1) is 11.8 Å². The molecule has 0 amide bonds. The van der Waals surface area contributed by atoms with Gasteiger partial charge in [0.1, 0.15) is 6.10 Å². The molecule has 1 fully saturated rings. The molecule has 1 saturated heterocycles. The smallest absolute Gasteiger partial charge is 0.309 e. The number of aliphatic hydroxyl groups is 1. The molecule has 3 aromatic carbocycles. The van der Waals surface area contributed by atoms with E-state index in [0.717, 1.165) is 16.7 Å². The normalized spacial score (nSPS) is 17.4. The van der Waals surface area contributed by atoms with Crippen LogP contribution in [0.4, 0.5) is 0 Å². The number of cyclic esters (lactones) is 1. The Morgan fingerprint density at radius 3 is 2.00 bits per heavy atom. The number of carbonyl (C=O) groups excluding carboxylic acids is 1. The van der Waals surface area contributed by atoms with Gasteiger partial charge in [-0.05, 0) is 65.9 Å². The fourth-order valence-electron chi connectivity index (χ4n) is 4.83. The van der Waals surface area contributed by atoms with Gasteiger partial charge < -0.3 is 39.0 Å². The lowest BCUT2D eigenvalue weighted by Gasteiger charge is -2.20. The van der Waals surface area contributed by atoms with Gasteiger partial charge in [0.05, 0.1) is 40.5 Å². The van der Waals surface area contributed by atoms with Crippen molar-refractivity contribution in [1.29, 1.82) is 0 Å². The maximum Gasteiger partial charge on any atom is 0.309 e. The number of carbonyl (C=O) groups is 1. The van der Waals surface area contributed by atoms with E-state index >= 15 is 0 Å². The third-order valence-electron chi connectivity index (χ3n) is 6.94. The average Bonchev–Trinajstić information content (AvgIpc) is 3.28. The zero-order valence-corrected chi connectivity index (χ0v) is 22.3. The van der Waals surface area contributed by atoms with E-state index in [1.165, 1.54) is 27.4 Å². The van der Waals surface area contributed by atoms with Crippen LogP contribution in [0.25, 0.3) is 0 Å². The summed E-state index contributed by atoms with van der Waals surface area (Å²) in [6.45, 7) is 0.0942. The number of esters is 1. The molecular weight excluding hydrogens is 504 g/mol. The summed E-state index contributed by atoms with van der Waals surface area (Å²) in [5.74, 6) is 1.18. The first-order chi connectivity index (χ1) is 18.8. The molecule has 3 aromatic rings. The summed E-state index contributed by atoms with van der Waals surface area (Å²) in [4.78, 5) is 12.6. The van der Waals surface area contributed by atoms with Crippen molar-refractivity contribution in [1.82, 2.24) is 0 Å². The second kappa shape index (κ2) is 12.6. The summed E-state index contributed by atoms with van der Waals surface area (Å²) in [5.41, 5.74) is 2.66. The van der Waals surface area contributed by atoms with Gasteiger partial charge in [-0.2, -0.15) is 0 Å². The van der Waals surface area contributed by atoms with E-state index in [1.807, 2.05) is 18.2 Å². The standard InChI is InChI=1S/C30H34O9/c1-35-27-13-18(4-7-24(27)32)10-21-17-38-30(34)23(21)12-20-6-9-26(29(15-20)37-3)39-22(16-31)11-19-5-8-25(33)28(14-19)36-2/h4-9,13-15,21-23,31-33H,10-12,16-17H2,1-3H3/t21-,22+,23+/m0/s1. The lowest BCUT2D eigenvalue weighted by atomic mass is 9.85. The van der Waals surface area contributed by atoms with E-state index in [-0.39, 0.29) is 35.9 Å². The zero-order chi connectivity index (χ0) is 27.9. The predicted molar refractivity (Wildman–Crippen MR) is 143 cm³/mol. The van der Waals surface area contributed by atoms with Crippen LogP contribution in [-0.2, 0) is 28.8 Å². The lowest BCUT2D eigenvalue weighted by molar-refractivity contribution is -0.141. The first-order valence-electron chi connectivity index (χ1n) is 12.7. The summed E-state index contributed by atoms with van der Waals surface area (Å²) in [7, 11) is 4.51. The number of methoxy groups -OCH3 is 3. The van der Waals surface area contributed by atoms with Gasteiger partial charge in [-0.25, -0.2) is 0 Å². The topological polar surface area (TPSA) is 124 Å². The number of phenols is 2. The van der Waals surface area contributed by atoms with Crippen molar-refractivity contribution in [3.05, 3.63) is 71.3 Å². The number of hydrogen-bond acceptors (Lipinski definition) is 9. The second-order valence-electron chi connectivity index (χ2n) is 9.53. The Kier molecular flexibility index (Phi) is 9.03. The summed E-state index contributed by atoms with van der Waals surface area (Å²) >= 11 is 0. The maximum absolute atomic E-state index is 12.6. The van der Waals surface area contributed by atoms with Crippen molar-refractivity contribution < 1.29 is 43.8 Å². The van der Waals surface area contributed by atoms with Crippen LogP contribution in [0.15, 0.2) is 54.6 Å². The minimum absolute atomic E-state index is 0.0326.